The third-order valence-electron chi connectivity index (χ3n) is 4.37. The van der Waals surface area contributed by atoms with Crippen LogP contribution in [-0.4, -0.2) is 27.8 Å². The Balaban J connectivity index is 0.00000225. The molecule has 0 aliphatic carbocycles. The first-order valence-corrected chi connectivity index (χ1v) is 8.22. The van der Waals surface area contributed by atoms with E-state index in [0.717, 1.165) is 36.6 Å². The van der Waals surface area contributed by atoms with Crippen LogP contribution in [0.3, 0.4) is 0 Å². The molecule has 1 aromatic carbocycles. The lowest BCUT2D eigenvalue weighted by molar-refractivity contribution is 0.606. The summed E-state index contributed by atoms with van der Waals surface area (Å²) in [4.78, 5) is 4.23. The average molecular weight is 458 g/mol. The first-order valence-electron chi connectivity index (χ1n) is 8.22. The molecule has 0 amide bonds. The van der Waals surface area contributed by atoms with Crippen LogP contribution in [0.4, 0.5) is 4.39 Å². The molecule has 0 saturated carbocycles. The molecule has 1 atom stereocenters. The van der Waals surface area contributed by atoms with E-state index in [1.807, 2.05) is 13.0 Å². The number of halogens is 2. The van der Waals surface area contributed by atoms with Crippen molar-refractivity contribution in [3.8, 4) is 0 Å². The molecule has 2 N–H and O–H groups in total. The molecule has 1 aliphatic rings. The molecule has 2 aromatic rings. The maximum absolute atomic E-state index is 13.7. The lowest BCUT2D eigenvalue weighted by Crippen LogP contribution is -2.38. The van der Waals surface area contributed by atoms with E-state index in [9.17, 15) is 4.39 Å². The van der Waals surface area contributed by atoms with Crippen molar-refractivity contribution >= 4 is 29.9 Å². The van der Waals surface area contributed by atoms with Gasteiger partial charge in [0.25, 0.3) is 0 Å². The Hall–Kier alpha value is -1.71. The molecule has 3 rings (SSSR count). The number of hydrogen-bond donors (Lipinski definition) is 2. The van der Waals surface area contributed by atoms with Gasteiger partial charge in [0, 0.05) is 20.0 Å². The minimum absolute atomic E-state index is 0. The van der Waals surface area contributed by atoms with Crippen LogP contribution < -0.4 is 10.6 Å². The van der Waals surface area contributed by atoms with Gasteiger partial charge in [-0.25, -0.2) is 4.39 Å². The fourth-order valence-electron chi connectivity index (χ4n) is 2.87. The van der Waals surface area contributed by atoms with Gasteiger partial charge in [-0.1, -0.05) is 12.1 Å². The van der Waals surface area contributed by atoms with Gasteiger partial charge in [0.15, 0.2) is 11.8 Å². The number of nitrogens with one attached hydrogen (secondary N) is 2. The van der Waals surface area contributed by atoms with Crippen LogP contribution in [0, 0.1) is 12.7 Å². The monoisotopic (exact) mass is 458 g/mol. The van der Waals surface area contributed by atoms with Crippen molar-refractivity contribution in [2.45, 2.75) is 45.8 Å². The lowest BCUT2D eigenvalue weighted by atomic mass is 10.1. The number of benzene rings is 1. The Morgan fingerprint density at radius 2 is 2.20 bits per heavy atom. The van der Waals surface area contributed by atoms with E-state index in [1.165, 1.54) is 0 Å². The molecule has 0 fully saturated rings. The molecule has 1 aromatic heterocycles. The summed E-state index contributed by atoms with van der Waals surface area (Å²) in [6.07, 6.45) is 2.12. The molecule has 0 saturated heterocycles. The van der Waals surface area contributed by atoms with Gasteiger partial charge in [0.1, 0.15) is 11.6 Å². The standard InChI is InChI=1S/C17H23FN6.HI/c1-11-6-7-13(9-14(11)18)12(2)21-17(19-3)20-10-16-23-22-15-5-4-8-24(15)16;/h6-7,9,12H,4-5,8,10H2,1-3H3,(H2,19,20,21);1H. The summed E-state index contributed by atoms with van der Waals surface area (Å²) in [7, 11) is 1.71. The lowest BCUT2D eigenvalue weighted by Gasteiger charge is -2.18. The number of rotatable bonds is 4. The van der Waals surface area contributed by atoms with E-state index in [4.69, 9.17) is 0 Å². The summed E-state index contributed by atoms with van der Waals surface area (Å²) in [6.45, 7) is 5.27. The van der Waals surface area contributed by atoms with Crippen LogP contribution >= 0.6 is 24.0 Å². The van der Waals surface area contributed by atoms with Crippen molar-refractivity contribution in [3.63, 3.8) is 0 Å². The highest BCUT2D eigenvalue weighted by Gasteiger charge is 2.17. The summed E-state index contributed by atoms with van der Waals surface area (Å²) in [5, 5.41) is 14.9. The maximum Gasteiger partial charge on any atom is 0.191 e. The van der Waals surface area contributed by atoms with Gasteiger partial charge < -0.3 is 15.2 Å². The number of aromatic nitrogens is 3. The molecular weight excluding hydrogens is 434 g/mol. The highest BCUT2D eigenvalue weighted by atomic mass is 127. The second-order valence-electron chi connectivity index (χ2n) is 6.09. The zero-order valence-electron chi connectivity index (χ0n) is 14.7. The first-order chi connectivity index (χ1) is 11.6. The number of aryl methyl sites for hydroxylation is 2. The van der Waals surface area contributed by atoms with Crippen molar-refractivity contribution in [1.29, 1.82) is 0 Å². The van der Waals surface area contributed by atoms with Crippen molar-refractivity contribution in [2.24, 2.45) is 4.99 Å². The summed E-state index contributed by atoms with van der Waals surface area (Å²) < 4.78 is 15.9. The molecule has 2 heterocycles. The highest BCUT2D eigenvalue weighted by molar-refractivity contribution is 14.0. The van der Waals surface area contributed by atoms with Gasteiger partial charge >= 0.3 is 0 Å². The van der Waals surface area contributed by atoms with Gasteiger partial charge in [-0.05, 0) is 37.5 Å². The molecule has 25 heavy (non-hydrogen) atoms. The molecule has 0 spiro atoms. The van der Waals surface area contributed by atoms with Gasteiger partial charge in [-0.15, -0.1) is 34.2 Å². The zero-order chi connectivity index (χ0) is 17.1. The molecule has 8 heteroatoms. The van der Waals surface area contributed by atoms with Crippen LogP contribution in [0.5, 0.6) is 0 Å². The Kier molecular flexibility index (Phi) is 6.74. The molecule has 0 radical (unpaired) electrons. The highest BCUT2D eigenvalue weighted by Crippen LogP contribution is 2.16. The predicted molar refractivity (Wildman–Crippen MR) is 107 cm³/mol. The van der Waals surface area contributed by atoms with E-state index in [-0.39, 0.29) is 35.8 Å². The summed E-state index contributed by atoms with van der Waals surface area (Å²) in [6, 6.07) is 5.22. The number of guanidine groups is 1. The molecule has 136 valence electrons. The van der Waals surface area contributed by atoms with Gasteiger partial charge in [0.05, 0.1) is 12.6 Å². The fourth-order valence-corrected chi connectivity index (χ4v) is 2.87. The SMILES string of the molecule is CN=C(NCc1nnc2n1CCC2)NC(C)c1ccc(C)c(F)c1.I. The Bertz CT molecular complexity index is 758. The van der Waals surface area contributed by atoms with E-state index < -0.39 is 0 Å². The average Bonchev–Trinajstić information content (AvgIpc) is 3.17. The van der Waals surface area contributed by atoms with E-state index in [1.54, 1.807) is 26.1 Å². The fraction of sp³-hybridized carbons (Fsp3) is 0.471. The largest absolute Gasteiger partial charge is 0.350 e. The van der Waals surface area contributed by atoms with Gasteiger partial charge in [-0.3, -0.25) is 4.99 Å². The van der Waals surface area contributed by atoms with Gasteiger partial charge in [0.2, 0.25) is 0 Å². The Morgan fingerprint density at radius 3 is 2.92 bits per heavy atom. The third kappa shape index (κ3) is 4.47. The van der Waals surface area contributed by atoms with Crippen LogP contribution in [0.25, 0.3) is 0 Å². The molecular formula is C17H24FIN6. The number of nitrogens with zero attached hydrogens (tertiary/aromatic N) is 4. The molecule has 0 bridgehead atoms. The van der Waals surface area contributed by atoms with E-state index >= 15 is 0 Å². The Labute approximate surface area is 164 Å². The van der Waals surface area contributed by atoms with Crippen LogP contribution in [0.2, 0.25) is 0 Å². The summed E-state index contributed by atoms with van der Waals surface area (Å²) in [5.74, 6) is 2.43. The predicted octanol–water partition coefficient (Wildman–Crippen LogP) is 2.72. The van der Waals surface area contributed by atoms with E-state index in [0.29, 0.717) is 18.1 Å². The second-order valence-corrected chi connectivity index (χ2v) is 6.09. The maximum atomic E-state index is 13.7. The van der Waals surface area contributed by atoms with Crippen molar-refractivity contribution in [1.82, 2.24) is 25.4 Å². The first kappa shape index (κ1) is 19.6. The smallest absolute Gasteiger partial charge is 0.191 e. The van der Waals surface area contributed by atoms with Crippen LogP contribution in [0.15, 0.2) is 23.2 Å². The molecule has 1 unspecified atom stereocenters. The Morgan fingerprint density at radius 1 is 1.40 bits per heavy atom. The van der Waals surface area contributed by atoms with Crippen molar-refractivity contribution in [2.75, 3.05) is 7.05 Å². The molecule has 1 aliphatic heterocycles. The third-order valence-corrected chi connectivity index (χ3v) is 4.37. The summed E-state index contributed by atoms with van der Waals surface area (Å²) >= 11 is 0. The van der Waals surface area contributed by atoms with Crippen molar-refractivity contribution < 1.29 is 4.39 Å². The molecule has 6 nitrogen and oxygen atoms in total. The van der Waals surface area contributed by atoms with E-state index in [2.05, 4.69) is 30.4 Å². The quantitative estimate of drug-likeness (QED) is 0.420. The summed E-state index contributed by atoms with van der Waals surface area (Å²) in [5.41, 5.74) is 1.53. The second kappa shape index (κ2) is 8.59. The van der Waals surface area contributed by atoms with Crippen LogP contribution in [-0.2, 0) is 19.5 Å². The zero-order valence-corrected chi connectivity index (χ0v) is 17.0. The topological polar surface area (TPSA) is 67.1 Å². The number of aliphatic imine (C=N–C) groups is 1. The normalized spacial score (nSPS) is 14.6. The minimum atomic E-state index is -0.192. The van der Waals surface area contributed by atoms with Crippen molar-refractivity contribution in [3.05, 3.63) is 46.8 Å². The number of hydrogen-bond acceptors (Lipinski definition) is 3. The minimum Gasteiger partial charge on any atom is -0.350 e. The van der Waals surface area contributed by atoms with Gasteiger partial charge in [-0.2, -0.15) is 0 Å². The number of fused-ring (bicyclic) bond motifs is 1. The van der Waals surface area contributed by atoms with Crippen LogP contribution in [0.1, 0.15) is 42.2 Å².